The maximum absolute atomic E-state index is 12.1. The third kappa shape index (κ3) is 5.45. The second-order valence-electron chi connectivity index (χ2n) is 5.48. The number of ether oxygens (including phenoxy) is 1. The third-order valence-electron chi connectivity index (χ3n) is 3.39. The molecule has 0 bridgehead atoms. The summed E-state index contributed by atoms with van der Waals surface area (Å²) in [6.07, 6.45) is 2.53. The summed E-state index contributed by atoms with van der Waals surface area (Å²) in [5, 5.41) is 11.5. The van der Waals surface area contributed by atoms with Crippen LogP contribution in [-0.2, 0) is 16.1 Å². The maximum Gasteiger partial charge on any atom is 0.338 e. The van der Waals surface area contributed by atoms with Crippen molar-refractivity contribution < 1.29 is 14.3 Å². The highest BCUT2D eigenvalue weighted by molar-refractivity contribution is 7.99. The number of hydrogen-bond acceptors (Lipinski definition) is 6. The van der Waals surface area contributed by atoms with Crippen molar-refractivity contribution in [2.75, 3.05) is 17.7 Å². The number of rotatable bonds is 9. The molecule has 1 heterocycles. The van der Waals surface area contributed by atoms with Crippen molar-refractivity contribution in [3.63, 3.8) is 0 Å². The Bertz CT molecular complexity index is 771. The zero-order valence-corrected chi connectivity index (χ0v) is 15.7. The highest BCUT2D eigenvalue weighted by atomic mass is 32.2. The van der Waals surface area contributed by atoms with Gasteiger partial charge in [-0.3, -0.25) is 4.79 Å². The molecule has 1 aromatic carbocycles. The molecule has 1 amide bonds. The molecule has 0 unspecified atom stereocenters. The normalized spacial score (nSPS) is 10.4. The summed E-state index contributed by atoms with van der Waals surface area (Å²) in [7, 11) is 0. The Morgan fingerprint density at radius 1 is 1.31 bits per heavy atom. The van der Waals surface area contributed by atoms with Crippen LogP contribution in [0.5, 0.6) is 0 Å². The molecule has 0 aliphatic rings. The fourth-order valence-corrected chi connectivity index (χ4v) is 2.90. The van der Waals surface area contributed by atoms with Crippen molar-refractivity contribution in [3.8, 4) is 0 Å². The average molecular weight is 374 g/mol. The van der Waals surface area contributed by atoms with Gasteiger partial charge >= 0.3 is 5.97 Å². The zero-order chi connectivity index (χ0) is 18.9. The average Bonchev–Trinajstić information content (AvgIpc) is 2.99. The van der Waals surface area contributed by atoms with Gasteiger partial charge in [0.2, 0.25) is 5.91 Å². The molecule has 0 aliphatic carbocycles. The van der Waals surface area contributed by atoms with Crippen LogP contribution >= 0.6 is 11.8 Å². The minimum absolute atomic E-state index is 0.165. The number of carbonyl (C=O) groups is 2. The Kier molecular flexibility index (Phi) is 7.40. The lowest BCUT2D eigenvalue weighted by Gasteiger charge is -2.07. The number of nitrogens with one attached hydrogen (secondary N) is 1. The summed E-state index contributed by atoms with van der Waals surface area (Å²) in [6.45, 7) is 8.49. The van der Waals surface area contributed by atoms with Crippen LogP contribution in [0.1, 0.15) is 29.5 Å². The van der Waals surface area contributed by atoms with E-state index in [1.807, 2.05) is 18.4 Å². The number of benzene rings is 1. The molecule has 2 aromatic rings. The second kappa shape index (κ2) is 9.76. The van der Waals surface area contributed by atoms with Gasteiger partial charge < -0.3 is 14.6 Å². The van der Waals surface area contributed by atoms with E-state index in [1.165, 1.54) is 11.8 Å². The van der Waals surface area contributed by atoms with Gasteiger partial charge in [-0.2, -0.15) is 0 Å². The molecule has 0 saturated carbocycles. The number of esters is 1. The predicted octanol–water partition coefficient (Wildman–Crippen LogP) is 3.07. The van der Waals surface area contributed by atoms with Gasteiger partial charge in [-0.05, 0) is 37.6 Å². The smallest absolute Gasteiger partial charge is 0.338 e. The maximum atomic E-state index is 12.1. The minimum atomic E-state index is -0.364. The summed E-state index contributed by atoms with van der Waals surface area (Å²) in [4.78, 5) is 23.9. The Hall–Kier alpha value is -2.61. The summed E-state index contributed by atoms with van der Waals surface area (Å²) < 4.78 is 6.96. The number of thioether (sulfide) groups is 1. The molecule has 138 valence electrons. The molecule has 8 heteroatoms. The zero-order valence-electron chi connectivity index (χ0n) is 14.9. The van der Waals surface area contributed by atoms with E-state index in [0.717, 1.165) is 12.2 Å². The number of aryl methyl sites for hydroxylation is 1. The quantitative estimate of drug-likeness (QED) is 0.412. The third-order valence-corrected chi connectivity index (χ3v) is 4.35. The van der Waals surface area contributed by atoms with Gasteiger partial charge in [0.25, 0.3) is 0 Å². The molecule has 0 fully saturated rings. The second-order valence-corrected chi connectivity index (χ2v) is 6.42. The molecule has 1 aromatic heterocycles. The number of anilines is 1. The van der Waals surface area contributed by atoms with Crippen LogP contribution in [0.25, 0.3) is 0 Å². The molecule has 26 heavy (non-hydrogen) atoms. The van der Waals surface area contributed by atoms with E-state index in [4.69, 9.17) is 4.74 Å². The summed E-state index contributed by atoms with van der Waals surface area (Å²) >= 11 is 1.31. The van der Waals surface area contributed by atoms with Crippen molar-refractivity contribution in [1.82, 2.24) is 14.8 Å². The Labute approximate surface area is 156 Å². The fraction of sp³-hybridized carbons (Fsp3) is 0.333. The topological polar surface area (TPSA) is 86.1 Å². The van der Waals surface area contributed by atoms with Crippen molar-refractivity contribution in [2.45, 2.75) is 32.0 Å². The molecule has 0 radical (unpaired) electrons. The summed E-state index contributed by atoms with van der Waals surface area (Å²) in [5.74, 6) is 0.452. The van der Waals surface area contributed by atoms with E-state index in [2.05, 4.69) is 22.1 Å². The standard InChI is InChI=1S/C18H22N4O3S/c1-4-10-22-13(3)20-21-18(22)26-12-16(23)19-15-8-6-14(7-9-15)17(24)25-11-5-2/h4,6-9H,1,5,10-12H2,2-3H3,(H,19,23). The van der Waals surface area contributed by atoms with Crippen LogP contribution < -0.4 is 5.32 Å². The Morgan fingerprint density at radius 3 is 2.69 bits per heavy atom. The minimum Gasteiger partial charge on any atom is -0.462 e. The number of aromatic nitrogens is 3. The number of carbonyl (C=O) groups excluding carboxylic acids is 2. The summed E-state index contributed by atoms with van der Waals surface area (Å²) in [6, 6.07) is 6.61. The SMILES string of the molecule is C=CCn1c(C)nnc1SCC(=O)Nc1ccc(C(=O)OCCC)cc1. The van der Waals surface area contributed by atoms with Crippen LogP contribution in [0.2, 0.25) is 0 Å². The van der Waals surface area contributed by atoms with Gasteiger partial charge in [-0.1, -0.05) is 24.8 Å². The van der Waals surface area contributed by atoms with Gasteiger partial charge in [-0.25, -0.2) is 4.79 Å². The lowest BCUT2D eigenvalue weighted by Crippen LogP contribution is -2.15. The van der Waals surface area contributed by atoms with Crippen molar-refractivity contribution in [1.29, 1.82) is 0 Å². The molecule has 0 atom stereocenters. The number of amides is 1. The number of allylic oxidation sites excluding steroid dienone is 1. The predicted molar refractivity (Wildman–Crippen MR) is 101 cm³/mol. The highest BCUT2D eigenvalue weighted by Crippen LogP contribution is 2.18. The van der Waals surface area contributed by atoms with Crippen molar-refractivity contribution in [2.24, 2.45) is 0 Å². The van der Waals surface area contributed by atoms with E-state index >= 15 is 0 Å². The van der Waals surface area contributed by atoms with Crippen molar-refractivity contribution in [3.05, 3.63) is 48.3 Å². The van der Waals surface area contributed by atoms with Crippen LogP contribution in [0.3, 0.4) is 0 Å². The van der Waals surface area contributed by atoms with Gasteiger partial charge in [-0.15, -0.1) is 16.8 Å². The molecule has 1 N–H and O–H groups in total. The molecule has 2 rings (SSSR count). The van der Waals surface area contributed by atoms with E-state index in [9.17, 15) is 9.59 Å². The molecule has 0 spiro atoms. The van der Waals surface area contributed by atoms with Crippen LogP contribution in [-0.4, -0.2) is 39.0 Å². The number of nitrogens with zero attached hydrogens (tertiary/aromatic N) is 3. The van der Waals surface area contributed by atoms with Crippen molar-refractivity contribution >= 4 is 29.3 Å². The van der Waals surface area contributed by atoms with E-state index in [-0.39, 0.29) is 17.6 Å². The first-order valence-electron chi connectivity index (χ1n) is 8.25. The first-order valence-corrected chi connectivity index (χ1v) is 9.24. The van der Waals surface area contributed by atoms with Gasteiger partial charge in [0.15, 0.2) is 5.16 Å². The van der Waals surface area contributed by atoms with E-state index < -0.39 is 0 Å². The van der Waals surface area contributed by atoms with Gasteiger partial charge in [0, 0.05) is 12.2 Å². The monoisotopic (exact) mass is 374 g/mol. The first kappa shape index (κ1) is 19.7. The summed E-state index contributed by atoms with van der Waals surface area (Å²) in [5.41, 5.74) is 1.07. The molecule has 7 nitrogen and oxygen atoms in total. The Balaban J connectivity index is 1.88. The van der Waals surface area contributed by atoms with E-state index in [1.54, 1.807) is 30.3 Å². The van der Waals surface area contributed by atoms with Crippen LogP contribution in [0.15, 0.2) is 42.1 Å². The largest absolute Gasteiger partial charge is 0.462 e. The molecule has 0 saturated heterocycles. The molecule has 0 aliphatic heterocycles. The molecular formula is C18H22N4O3S. The lowest BCUT2D eigenvalue weighted by molar-refractivity contribution is -0.113. The van der Waals surface area contributed by atoms with Gasteiger partial charge in [0.1, 0.15) is 5.82 Å². The highest BCUT2D eigenvalue weighted by Gasteiger charge is 2.12. The van der Waals surface area contributed by atoms with E-state index in [0.29, 0.717) is 29.6 Å². The van der Waals surface area contributed by atoms with Gasteiger partial charge in [0.05, 0.1) is 17.9 Å². The molecular weight excluding hydrogens is 352 g/mol. The number of hydrogen-bond donors (Lipinski definition) is 1. The van der Waals surface area contributed by atoms with Crippen LogP contribution in [0.4, 0.5) is 5.69 Å². The van der Waals surface area contributed by atoms with Crippen LogP contribution in [0, 0.1) is 6.92 Å². The fourth-order valence-electron chi connectivity index (χ4n) is 2.10. The lowest BCUT2D eigenvalue weighted by atomic mass is 10.2. The first-order chi connectivity index (χ1) is 12.5. The Morgan fingerprint density at radius 2 is 2.04 bits per heavy atom.